The van der Waals surface area contributed by atoms with Gasteiger partial charge in [0.25, 0.3) is 10.0 Å². The van der Waals surface area contributed by atoms with Crippen molar-refractivity contribution in [3.63, 3.8) is 0 Å². The minimum absolute atomic E-state index is 0.0311. The second kappa shape index (κ2) is 10.2. The quantitative estimate of drug-likeness (QED) is 0.472. The number of hydrogen-bond acceptors (Lipinski definition) is 6. The van der Waals surface area contributed by atoms with Crippen LogP contribution in [0.3, 0.4) is 0 Å². The van der Waals surface area contributed by atoms with Crippen molar-refractivity contribution in [2.24, 2.45) is 0 Å². The number of hydrogen-bond donors (Lipinski definition) is 0. The molecule has 2 saturated heterocycles. The highest BCUT2D eigenvalue weighted by molar-refractivity contribution is 7.89. The van der Waals surface area contributed by atoms with E-state index in [-0.39, 0.29) is 28.1 Å². The van der Waals surface area contributed by atoms with Gasteiger partial charge in [-0.15, -0.1) is 0 Å². The van der Waals surface area contributed by atoms with Crippen LogP contribution in [0.15, 0.2) is 77.8 Å². The minimum Gasteiger partial charge on any atom is -0.352 e. The fourth-order valence-corrected chi connectivity index (χ4v) is 6.41. The van der Waals surface area contributed by atoms with E-state index >= 15 is 0 Å². The van der Waals surface area contributed by atoms with Crippen LogP contribution in [0.2, 0.25) is 10.0 Å². The lowest BCUT2D eigenvalue weighted by atomic mass is 10.2. The van der Waals surface area contributed by atoms with E-state index in [9.17, 15) is 18.0 Å². The van der Waals surface area contributed by atoms with Gasteiger partial charge < -0.3 is 9.80 Å². The van der Waals surface area contributed by atoms with Gasteiger partial charge in [0, 0.05) is 32.4 Å². The molecule has 5 rings (SSSR count). The molecule has 3 aromatic rings. The van der Waals surface area contributed by atoms with Crippen molar-refractivity contribution in [3.05, 3.63) is 83.0 Å². The molecular weight excluding hydrogens is 537 g/mol. The molecule has 1 atom stereocenters. The molecule has 0 saturated carbocycles. The number of nitrogens with zero attached hydrogens (tertiary/aromatic N) is 5. The Bertz CT molecular complexity index is 1430. The lowest BCUT2D eigenvalue weighted by Crippen LogP contribution is -2.55. The molecule has 2 aliphatic rings. The van der Waals surface area contributed by atoms with Crippen LogP contribution < -0.4 is 9.80 Å². The third kappa shape index (κ3) is 4.72. The van der Waals surface area contributed by atoms with Crippen molar-refractivity contribution < 1.29 is 18.0 Å². The van der Waals surface area contributed by atoms with Crippen LogP contribution >= 0.6 is 23.2 Å². The van der Waals surface area contributed by atoms with Crippen molar-refractivity contribution in [1.29, 1.82) is 0 Å². The zero-order valence-corrected chi connectivity index (χ0v) is 21.9. The van der Waals surface area contributed by atoms with E-state index in [4.69, 9.17) is 23.2 Å². The molecule has 2 aliphatic heterocycles. The van der Waals surface area contributed by atoms with Crippen molar-refractivity contribution >= 4 is 56.7 Å². The maximum atomic E-state index is 13.8. The molecule has 192 valence electrons. The molecule has 3 heterocycles. The molecule has 2 aromatic carbocycles. The van der Waals surface area contributed by atoms with Gasteiger partial charge in [0.2, 0.25) is 5.91 Å². The first kappa shape index (κ1) is 25.3. The second-order valence-corrected chi connectivity index (χ2v) is 11.3. The van der Waals surface area contributed by atoms with Gasteiger partial charge in [-0.1, -0.05) is 53.5 Å². The summed E-state index contributed by atoms with van der Waals surface area (Å²) in [5, 5.41) is 0.762. The number of para-hydroxylation sites is 1. The summed E-state index contributed by atoms with van der Waals surface area (Å²) in [5.74, 6) is 0.288. The number of halogens is 2. The molecule has 9 nitrogen and oxygen atoms in total. The molecule has 3 amide bonds. The third-order valence-electron chi connectivity index (χ3n) is 6.43. The number of aromatic nitrogens is 1. The van der Waals surface area contributed by atoms with Crippen LogP contribution in [-0.4, -0.2) is 73.3 Å². The number of pyridine rings is 1. The zero-order valence-electron chi connectivity index (χ0n) is 19.6. The van der Waals surface area contributed by atoms with Crippen LogP contribution in [0.5, 0.6) is 0 Å². The third-order valence-corrected chi connectivity index (χ3v) is 8.80. The van der Waals surface area contributed by atoms with Gasteiger partial charge in [-0.05, 0) is 36.4 Å². The summed E-state index contributed by atoms with van der Waals surface area (Å²) in [7, 11) is -4.19. The number of amides is 3. The number of carbonyl (C=O) groups excluding carboxylic acids is 2. The highest BCUT2D eigenvalue weighted by Gasteiger charge is 2.49. The van der Waals surface area contributed by atoms with Crippen molar-refractivity contribution in [2.45, 2.75) is 10.9 Å². The summed E-state index contributed by atoms with van der Waals surface area (Å²) in [6.07, 6.45) is 1.66. The largest absolute Gasteiger partial charge is 0.352 e. The van der Waals surface area contributed by atoms with Gasteiger partial charge in [-0.25, -0.2) is 22.5 Å². The van der Waals surface area contributed by atoms with Gasteiger partial charge in [0.15, 0.2) is 0 Å². The second-order valence-electron chi connectivity index (χ2n) is 8.59. The average molecular weight is 560 g/mol. The molecule has 2 fully saturated rings. The molecule has 0 unspecified atom stereocenters. The van der Waals surface area contributed by atoms with E-state index in [1.165, 1.54) is 17.0 Å². The van der Waals surface area contributed by atoms with Gasteiger partial charge in [0.1, 0.15) is 11.9 Å². The van der Waals surface area contributed by atoms with Crippen LogP contribution in [0.4, 0.5) is 16.3 Å². The standard InChI is InChI=1S/C25H23Cl2N5O4S/c26-19-9-4-5-11-21(19)32-22(17-31(25(32)34)37(35,36)18-7-2-1-3-8-18)24(33)30-15-13-29(14-16-30)23-20(27)10-6-12-28-23/h1-12,22H,13-17H2/t22-/m0/s1. The van der Waals surface area contributed by atoms with Crippen LogP contribution in [0.1, 0.15) is 0 Å². The molecule has 0 bridgehead atoms. The molecule has 0 aliphatic carbocycles. The molecule has 37 heavy (non-hydrogen) atoms. The van der Waals surface area contributed by atoms with E-state index < -0.39 is 22.1 Å². The maximum absolute atomic E-state index is 13.8. The average Bonchev–Trinajstić information content (AvgIpc) is 3.27. The summed E-state index contributed by atoms with van der Waals surface area (Å²) in [6.45, 7) is 1.37. The SMILES string of the molecule is O=C([C@@H]1CN(S(=O)(=O)c2ccccc2)C(=O)N1c1ccccc1Cl)N1CCN(c2ncccc2Cl)CC1. The predicted octanol–water partition coefficient (Wildman–Crippen LogP) is 3.74. The number of benzene rings is 2. The molecule has 1 aromatic heterocycles. The Labute approximate surface area is 224 Å². The first-order valence-electron chi connectivity index (χ1n) is 11.6. The molecule has 0 radical (unpaired) electrons. The number of sulfonamides is 1. The topological polar surface area (TPSA) is 94.1 Å². The molecular formula is C25H23Cl2N5O4S. The van der Waals surface area contributed by atoms with Gasteiger partial charge in [-0.3, -0.25) is 9.69 Å². The Morgan fingerprint density at radius 2 is 1.51 bits per heavy atom. The maximum Gasteiger partial charge on any atom is 0.339 e. The lowest BCUT2D eigenvalue weighted by molar-refractivity contribution is -0.132. The Balaban J connectivity index is 1.43. The first-order valence-corrected chi connectivity index (χ1v) is 13.8. The van der Waals surface area contributed by atoms with Gasteiger partial charge in [-0.2, -0.15) is 0 Å². The Morgan fingerprint density at radius 1 is 0.865 bits per heavy atom. The number of rotatable bonds is 5. The Kier molecular flexibility index (Phi) is 6.98. The molecule has 0 N–H and O–H groups in total. The van der Waals surface area contributed by atoms with Crippen LogP contribution in [0, 0.1) is 0 Å². The monoisotopic (exact) mass is 559 g/mol. The summed E-state index contributed by atoms with van der Waals surface area (Å²) < 4.78 is 27.5. The van der Waals surface area contributed by atoms with E-state index in [1.54, 1.807) is 65.7 Å². The highest BCUT2D eigenvalue weighted by Crippen LogP contribution is 2.34. The van der Waals surface area contributed by atoms with Crippen LogP contribution in [-0.2, 0) is 14.8 Å². The van der Waals surface area contributed by atoms with E-state index in [2.05, 4.69) is 4.98 Å². The van der Waals surface area contributed by atoms with E-state index in [0.29, 0.717) is 37.0 Å². The normalized spacial score (nSPS) is 18.4. The van der Waals surface area contributed by atoms with E-state index in [0.717, 1.165) is 4.31 Å². The van der Waals surface area contributed by atoms with Gasteiger partial charge >= 0.3 is 6.03 Å². The smallest absolute Gasteiger partial charge is 0.339 e. The van der Waals surface area contributed by atoms with Crippen molar-refractivity contribution in [3.8, 4) is 0 Å². The number of carbonyl (C=O) groups is 2. The summed E-state index contributed by atoms with van der Waals surface area (Å²) >= 11 is 12.7. The first-order chi connectivity index (χ1) is 17.8. The summed E-state index contributed by atoms with van der Waals surface area (Å²) in [5.41, 5.74) is 0.275. The van der Waals surface area contributed by atoms with Crippen LogP contribution in [0.25, 0.3) is 0 Å². The Morgan fingerprint density at radius 3 is 2.19 bits per heavy atom. The van der Waals surface area contributed by atoms with Crippen molar-refractivity contribution in [1.82, 2.24) is 14.2 Å². The van der Waals surface area contributed by atoms with Gasteiger partial charge in [0.05, 0.1) is 27.2 Å². The van der Waals surface area contributed by atoms with Crippen molar-refractivity contribution in [2.75, 3.05) is 42.5 Å². The van der Waals surface area contributed by atoms with E-state index in [1.807, 2.05) is 4.90 Å². The summed E-state index contributed by atoms with van der Waals surface area (Å²) in [4.78, 5) is 36.4. The summed E-state index contributed by atoms with van der Waals surface area (Å²) in [6, 6.07) is 15.9. The number of urea groups is 1. The fraction of sp³-hybridized carbons (Fsp3) is 0.240. The predicted molar refractivity (Wildman–Crippen MR) is 141 cm³/mol. The fourth-order valence-electron chi connectivity index (χ4n) is 4.56. The Hall–Kier alpha value is -3.34. The molecule has 0 spiro atoms. The molecule has 12 heteroatoms. The minimum atomic E-state index is -4.19. The highest BCUT2D eigenvalue weighted by atomic mass is 35.5. The zero-order chi connectivity index (χ0) is 26.2. The number of anilines is 2. The lowest BCUT2D eigenvalue weighted by Gasteiger charge is -2.37. The number of piperazine rings is 1.